The first-order chi connectivity index (χ1) is 7.69. The van der Waals surface area contributed by atoms with Crippen molar-refractivity contribution in [2.75, 3.05) is 45.2 Å². The lowest BCUT2D eigenvalue weighted by atomic mass is 10.1. The maximum Gasteiger partial charge on any atom is 0.0222 e. The van der Waals surface area contributed by atoms with Crippen LogP contribution >= 0.6 is 11.8 Å². The zero-order valence-electron chi connectivity index (χ0n) is 11.0. The summed E-state index contributed by atoms with van der Waals surface area (Å²) in [4.78, 5) is 5.02. The number of piperazine rings is 1. The van der Waals surface area contributed by atoms with E-state index < -0.39 is 0 Å². The molecule has 16 heavy (non-hydrogen) atoms. The number of likely N-dealkylation sites (N-methyl/N-ethyl adjacent to an activating group) is 1. The highest BCUT2D eigenvalue weighted by Gasteiger charge is 2.26. The molecule has 2 N–H and O–H groups in total. The summed E-state index contributed by atoms with van der Waals surface area (Å²) in [6.45, 7) is 6.68. The first-order valence-electron chi connectivity index (χ1n) is 6.32. The van der Waals surface area contributed by atoms with E-state index in [2.05, 4.69) is 30.0 Å². The van der Waals surface area contributed by atoms with Crippen LogP contribution in [0.15, 0.2) is 0 Å². The fourth-order valence-electron chi connectivity index (χ4n) is 2.58. The Morgan fingerprint density at radius 1 is 1.44 bits per heavy atom. The van der Waals surface area contributed by atoms with E-state index >= 15 is 0 Å². The minimum Gasteiger partial charge on any atom is -0.329 e. The van der Waals surface area contributed by atoms with Crippen LogP contribution in [0.3, 0.4) is 0 Å². The fraction of sp³-hybridized carbons (Fsp3) is 1.00. The zero-order valence-corrected chi connectivity index (χ0v) is 11.8. The average molecular weight is 245 g/mol. The van der Waals surface area contributed by atoms with Gasteiger partial charge in [0, 0.05) is 38.3 Å². The number of rotatable bonds is 6. The molecule has 0 aliphatic carbocycles. The molecule has 0 radical (unpaired) electrons. The molecule has 0 aromatic carbocycles. The summed E-state index contributed by atoms with van der Waals surface area (Å²) < 4.78 is 0. The van der Waals surface area contributed by atoms with Gasteiger partial charge in [-0.15, -0.1) is 0 Å². The number of hydrogen-bond donors (Lipinski definition) is 1. The third-order valence-corrected chi connectivity index (χ3v) is 4.21. The minimum atomic E-state index is 0.593. The van der Waals surface area contributed by atoms with Crippen molar-refractivity contribution in [3.05, 3.63) is 0 Å². The molecule has 3 nitrogen and oxygen atoms in total. The summed E-state index contributed by atoms with van der Waals surface area (Å²) in [5.74, 6) is 1.26. The second-order valence-electron chi connectivity index (χ2n) is 4.87. The topological polar surface area (TPSA) is 32.5 Å². The van der Waals surface area contributed by atoms with Gasteiger partial charge in [-0.05, 0) is 38.8 Å². The van der Waals surface area contributed by atoms with Gasteiger partial charge in [-0.3, -0.25) is 4.90 Å². The van der Waals surface area contributed by atoms with E-state index in [0.29, 0.717) is 12.1 Å². The first kappa shape index (κ1) is 14.3. The normalized spacial score (nSPS) is 25.9. The van der Waals surface area contributed by atoms with Gasteiger partial charge in [0.1, 0.15) is 0 Å². The van der Waals surface area contributed by atoms with Gasteiger partial charge in [-0.1, -0.05) is 0 Å². The van der Waals surface area contributed by atoms with Crippen LogP contribution in [-0.4, -0.2) is 67.1 Å². The molecule has 1 saturated heterocycles. The van der Waals surface area contributed by atoms with E-state index in [1.54, 1.807) is 0 Å². The molecule has 0 amide bonds. The molecule has 96 valence electrons. The molecule has 2 unspecified atom stereocenters. The molecule has 0 bridgehead atoms. The highest BCUT2D eigenvalue weighted by Crippen LogP contribution is 2.15. The Morgan fingerprint density at radius 2 is 2.19 bits per heavy atom. The lowest BCUT2D eigenvalue weighted by Crippen LogP contribution is -2.56. The van der Waals surface area contributed by atoms with Crippen molar-refractivity contribution in [2.45, 2.75) is 31.8 Å². The van der Waals surface area contributed by atoms with E-state index in [1.165, 1.54) is 38.2 Å². The molecule has 1 heterocycles. The van der Waals surface area contributed by atoms with E-state index in [4.69, 9.17) is 5.73 Å². The molecule has 0 spiro atoms. The molecule has 1 rings (SSSR count). The number of thioether (sulfide) groups is 1. The maximum atomic E-state index is 5.92. The van der Waals surface area contributed by atoms with Crippen LogP contribution < -0.4 is 5.73 Å². The van der Waals surface area contributed by atoms with Gasteiger partial charge < -0.3 is 10.6 Å². The van der Waals surface area contributed by atoms with Gasteiger partial charge in [-0.2, -0.15) is 11.8 Å². The maximum absolute atomic E-state index is 5.92. The fourth-order valence-corrected chi connectivity index (χ4v) is 3.03. The Hall–Kier alpha value is 0.230. The molecular weight excluding hydrogens is 218 g/mol. The van der Waals surface area contributed by atoms with Crippen LogP contribution in [0.1, 0.15) is 19.8 Å². The summed E-state index contributed by atoms with van der Waals surface area (Å²) in [6.07, 6.45) is 4.73. The Labute approximate surface area is 105 Å². The van der Waals surface area contributed by atoms with E-state index in [9.17, 15) is 0 Å². The summed E-state index contributed by atoms with van der Waals surface area (Å²) >= 11 is 1.93. The Morgan fingerprint density at radius 3 is 2.75 bits per heavy atom. The van der Waals surface area contributed by atoms with Crippen molar-refractivity contribution in [1.29, 1.82) is 0 Å². The Bertz CT molecular complexity index is 189. The van der Waals surface area contributed by atoms with Gasteiger partial charge in [0.15, 0.2) is 0 Å². The van der Waals surface area contributed by atoms with Crippen molar-refractivity contribution >= 4 is 11.8 Å². The van der Waals surface area contributed by atoms with Gasteiger partial charge in [0.05, 0.1) is 0 Å². The predicted octanol–water partition coefficient (Wildman–Crippen LogP) is 1.09. The minimum absolute atomic E-state index is 0.593. The number of nitrogens with two attached hydrogens (primary N) is 1. The molecule has 0 aromatic rings. The van der Waals surface area contributed by atoms with Crippen molar-refractivity contribution in [2.24, 2.45) is 5.73 Å². The highest BCUT2D eigenvalue weighted by atomic mass is 32.2. The molecule has 1 fully saturated rings. The van der Waals surface area contributed by atoms with Crippen molar-refractivity contribution in [3.63, 3.8) is 0 Å². The average Bonchev–Trinajstić information content (AvgIpc) is 2.26. The third kappa shape index (κ3) is 4.24. The Balaban J connectivity index is 2.39. The lowest BCUT2D eigenvalue weighted by Gasteiger charge is -2.42. The molecular formula is C12H27N3S. The van der Waals surface area contributed by atoms with Crippen molar-refractivity contribution < 1.29 is 0 Å². The monoisotopic (exact) mass is 245 g/mol. The van der Waals surface area contributed by atoms with Gasteiger partial charge >= 0.3 is 0 Å². The third-order valence-electron chi connectivity index (χ3n) is 3.51. The molecule has 2 atom stereocenters. The van der Waals surface area contributed by atoms with E-state index in [1.807, 2.05) is 11.8 Å². The van der Waals surface area contributed by atoms with Crippen LogP contribution in [0.4, 0.5) is 0 Å². The molecule has 0 saturated carbocycles. The zero-order chi connectivity index (χ0) is 12.0. The molecule has 1 aliphatic heterocycles. The SMILES string of the molecule is CSCCCC(CN)N1CCN(C)CC1C. The van der Waals surface area contributed by atoms with Crippen LogP contribution in [0.5, 0.6) is 0 Å². The van der Waals surface area contributed by atoms with Crippen molar-refractivity contribution in [1.82, 2.24) is 9.80 Å². The Kier molecular flexibility index (Phi) is 6.73. The molecule has 0 aromatic heterocycles. The van der Waals surface area contributed by atoms with Gasteiger partial charge in [0.25, 0.3) is 0 Å². The summed E-state index contributed by atoms with van der Waals surface area (Å²) in [5, 5.41) is 0. The standard InChI is InChI=1S/C12H27N3S/c1-11-10-14(2)6-7-15(11)12(9-13)5-4-8-16-3/h11-12H,4-10,13H2,1-3H3. The number of nitrogens with zero attached hydrogens (tertiary/aromatic N) is 2. The summed E-state index contributed by atoms with van der Waals surface area (Å²) in [5.41, 5.74) is 5.92. The summed E-state index contributed by atoms with van der Waals surface area (Å²) in [6, 6.07) is 1.25. The lowest BCUT2D eigenvalue weighted by molar-refractivity contribution is 0.0604. The second kappa shape index (κ2) is 7.54. The van der Waals surface area contributed by atoms with Gasteiger partial charge in [-0.25, -0.2) is 0 Å². The van der Waals surface area contributed by atoms with Crippen LogP contribution in [-0.2, 0) is 0 Å². The van der Waals surface area contributed by atoms with Crippen LogP contribution in [0, 0.1) is 0 Å². The second-order valence-corrected chi connectivity index (χ2v) is 5.86. The summed E-state index contributed by atoms with van der Waals surface area (Å²) in [7, 11) is 2.21. The predicted molar refractivity (Wildman–Crippen MR) is 74.1 cm³/mol. The largest absolute Gasteiger partial charge is 0.329 e. The van der Waals surface area contributed by atoms with Gasteiger partial charge in [0.2, 0.25) is 0 Å². The van der Waals surface area contributed by atoms with Crippen LogP contribution in [0.25, 0.3) is 0 Å². The highest BCUT2D eigenvalue weighted by molar-refractivity contribution is 7.98. The van der Waals surface area contributed by atoms with Crippen LogP contribution in [0.2, 0.25) is 0 Å². The van der Waals surface area contributed by atoms with E-state index in [0.717, 1.165) is 6.54 Å². The van der Waals surface area contributed by atoms with E-state index in [-0.39, 0.29) is 0 Å². The smallest absolute Gasteiger partial charge is 0.0222 e. The van der Waals surface area contributed by atoms with Crippen molar-refractivity contribution in [3.8, 4) is 0 Å². The quantitative estimate of drug-likeness (QED) is 0.710. The first-order valence-corrected chi connectivity index (χ1v) is 7.71. The molecule has 4 heteroatoms. The number of hydrogen-bond acceptors (Lipinski definition) is 4. The molecule has 1 aliphatic rings.